The van der Waals surface area contributed by atoms with E-state index >= 15 is 0 Å². The van der Waals surface area contributed by atoms with Crippen molar-refractivity contribution >= 4 is 30.8 Å². The molecule has 13 heavy (non-hydrogen) atoms. The summed E-state index contributed by atoms with van der Waals surface area (Å²) in [6.07, 6.45) is 0.975. The molecular weight excluding hydrogens is 167 g/mol. The monoisotopic (exact) mass is 182 g/mol. The fraction of sp³-hybridized carbons (Fsp3) is 0.667. The quantitative estimate of drug-likeness (QED) is 0.146. The number of carboxylic acid groups (broad SMARTS) is 1. The summed E-state index contributed by atoms with van der Waals surface area (Å²) >= 11 is 0. The predicted molar refractivity (Wildman–Crippen MR) is 51.9 cm³/mol. The van der Waals surface area contributed by atoms with Crippen molar-refractivity contribution < 1.29 is 9.90 Å². The Balaban J connectivity index is 0. The summed E-state index contributed by atoms with van der Waals surface area (Å²) in [5.41, 5.74) is 10.2. The first-order valence-corrected chi connectivity index (χ1v) is 3.60. The normalized spacial score (nSPS) is 11.2. The van der Waals surface area contributed by atoms with Crippen LogP contribution in [-0.4, -0.2) is 48.5 Å². The van der Waals surface area contributed by atoms with E-state index in [-0.39, 0.29) is 24.8 Å². The van der Waals surface area contributed by atoms with Gasteiger partial charge in [-0.15, -0.1) is 0 Å². The Hall–Kier alpha value is -0.703. The molecule has 0 radical (unpaired) electrons. The Morgan fingerprint density at radius 1 is 1.62 bits per heavy atom. The second kappa shape index (κ2) is 7.92. The van der Waals surface area contributed by atoms with Gasteiger partial charge in [0.1, 0.15) is 6.04 Å². The van der Waals surface area contributed by atoms with E-state index in [1.807, 2.05) is 0 Å². The second-order valence-electron chi connectivity index (χ2n) is 2.43. The second-order valence-corrected chi connectivity index (χ2v) is 2.43. The minimum atomic E-state index is -1.00. The number of nitrogens with one attached hydrogen (secondary N) is 2. The SMILES string of the molecule is N=C(N)NCCC[C@H](N)C(=O)O.[LiH]. The van der Waals surface area contributed by atoms with Gasteiger partial charge in [-0.05, 0) is 12.8 Å². The molecule has 0 aromatic rings. The van der Waals surface area contributed by atoms with E-state index in [4.69, 9.17) is 22.0 Å². The Kier molecular flexibility index (Phi) is 9.02. The van der Waals surface area contributed by atoms with Gasteiger partial charge in [-0.2, -0.15) is 0 Å². The molecule has 0 unspecified atom stereocenters. The van der Waals surface area contributed by atoms with E-state index < -0.39 is 12.0 Å². The van der Waals surface area contributed by atoms with Crippen LogP contribution in [0.2, 0.25) is 0 Å². The Bertz CT molecular complexity index is 176. The van der Waals surface area contributed by atoms with Crippen LogP contribution in [0.1, 0.15) is 12.8 Å². The van der Waals surface area contributed by atoms with Crippen molar-refractivity contribution in [3.63, 3.8) is 0 Å². The Labute approximate surface area is 88.7 Å². The molecule has 0 aliphatic heterocycles. The average molecular weight is 182 g/mol. The van der Waals surface area contributed by atoms with E-state index in [1.165, 1.54) is 0 Å². The molecule has 0 bridgehead atoms. The topological polar surface area (TPSA) is 125 Å². The predicted octanol–water partition coefficient (Wildman–Crippen LogP) is -1.99. The summed E-state index contributed by atoms with van der Waals surface area (Å²) in [6, 6.07) is -0.821. The molecule has 7 heteroatoms. The first kappa shape index (κ1) is 14.8. The maximum absolute atomic E-state index is 10.2. The van der Waals surface area contributed by atoms with Crippen LogP contribution in [0.15, 0.2) is 0 Å². The van der Waals surface area contributed by atoms with Crippen LogP contribution < -0.4 is 16.8 Å². The van der Waals surface area contributed by atoms with Crippen LogP contribution in [0.3, 0.4) is 0 Å². The van der Waals surface area contributed by atoms with Gasteiger partial charge in [0.15, 0.2) is 5.96 Å². The zero-order valence-corrected chi connectivity index (χ0v) is 6.71. The summed E-state index contributed by atoms with van der Waals surface area (Å²) in [7, 11) is 0. The molecule has 0 spiro atoms. The van der Waals surface area contributed by atoms with Crippen molar-refractivity contribution in [1.29, 1.82) is 5.41 Å². The molecule has 0 saturated heterocycles. The summed E-state index contributed by atoms with van der Waals surface area (Å²) < 4.78 is 0. The minimum absolute atomic E-state index is 0. The molecule has 0 saturated carbocycles. The number of hydrogen-bond donors (Lipinski definition) is 5. The molecule has 7 N–H and O–H groups in total. The third-order valence-corrected chi connectivity index (χ3v) is 1.32. The van der Waals surface area contributed by atoms with Gasteiger partial charge in [0.25, 0.3) is 0 Å². The number of guanidine groups is 1. The van der Waals surface area contributed by atoms with Gasteiger partial charge in [0.2, 0.25) is 0 Å². The van der Waals surface area contributed by atoms with Gasteiger partial charge in [0, 0.05) is 6.54 Å². The van der Waals surface area contributed by atoms with Crippen molar-refractivity contribution in [2.24, 2.45) is 11.5 Å². The van der Waals surface area contributed by atoms with Crippen LogP contribution in [-0.2, 0) is 4.79 Å². The molecule has 1 atom stereocenters. The summed E-state index contributed by atoms with van der Waals surface area (Å²) in [5, 5.41) is 17.7. The fourth-order valence-electron chi connectivity index (χ4n) is 0.669. The number of nitrogens with two attached hydrogens (primary N) is 2. The van der Waals surface area contributed by atoms with Crippen molar-refractivity contribution in [2.45, 2.75) is 18.9 Å². The summed E-state index contributed by atoms with van der Waals surface area (Å²) in [4.78, 5) is 10.2. The number of aliphatic carboxylic acids is 1. The van der Waals surface area contributed by atoms with Crippen LogP contribution in [0.4, 0.5) is 0 Å². The van der Waals surface area contributed by atoms with Gasteiger partial charge in [-0.3, -0.25) is 10.2 Å². The zero-order chi connectivity index (χ0) is 9.56. The number of carboxylic acids is 1. The molecular formula is C6H15LiN4O2. The first-order chi connectivity index (χ1) is 5.54. The summed E-state index contributed by atoms with van der Waals surface area (Å²) in [5.74, 6) is -1.11. The van der Waals surface area contributed by atoms with E-state index in [1.54, 1.807) is 0 Å². The molecule has 0 aromatic carbocycles. The van der Waals surface area contributed by atoms with Crippen LogP contribution in [0.25, 0.3) is 0 Å². The number of hydrogen-bond acceptors (Lipinski definition) is 3. The molecule has 0 heterocycles. The fourth-order valence-corrected chi connectivity index (χ4v) is 0.669. The molecule has 0 aliphatic carbocycles. The van der Waals surface area contributed by atoms with Crippen LogP contribution in [0.5, 0.6) is 0 Å². The van der Waals surface area contributed by atoms with Crippen LogP contribution in [0, 0.1) is 5.41 Å². The van der Waals surface area contributed by atoms with E-state index in [9.17, 15) is 4.79 Å². The third kappa shape index (κ3) is 9.21. The summed E-state index contributed by atoms with van der Waals surface area (Å²) in [6.45, 7) is 0.482. The molecule has 0 fully saturated rings. The van der Waals surface area contributed by atoms with Gasteiger partial charge in [-0.25, -0.2) is 0 Å². The van der Waals surface area contributed by atoms with Gasteiger partial charge in [0.05, 0.1) is 0 Å². The van der Waals surface area contributed by atoms with Gasteiger partial charge in [-0.1, -0.05) is 0 Å². The molecule has 0 aromatic heterocycles. The van der Waals surface area contributed by atoms with E-state index in [0.717, 1.165) is 0 Å². The van der Waals surface area contributed by atoms with Crippen molar-refractivity contribution in [1.82, 2.24) is 5.32 Å². The standard InChI is InChI=1S/C6H14N4O2.Li.H/c7-4(5(11)12)2-1-3-10-6(8)9;;/h4H,1-3,7H2,(H,11,12)(H4,8,9,10);;/t4-;;/m0../s1. The number of rotatable bonds is 5. The Morgan fingerprint density at radius 3 is 2.54 bits per heavy atom. The molecule has 0 rings (SSSR count). The first-order valence-electron chi connectivity index (χ1n) is 3.60. The van der Waals surface area contributed by atoms with Crippen molar-refractivity contribution in [3.8, 4) is 0 Å². The third-order valence-electron chi connectivity index (χ3n) is 1.32. The molecule has 6 nitrogen and oxygen atoms in total. The van der Waals surface area contributed by atoms with Gasteiger partial charge < -0.3 is 21.9 Å². The maximum atomic E-state index is 10.2. The van der Waals surface area contributed by atoms with E-state index in [2.05, 4.69) is 5.32 Å². The Morgan fingerprint density at radius 2 is 2.15 bits per heavy atom. The average Bonchev–Trinajstić information content (AvgIpc) is 1.97. The molecule has 72 valence electrons. The molecule has 0 aliphatic rings. The zero-order valence-electron chi connectivity index (χ0n) is 6.71. The van der Waals surface area contributed by atoms with Crippen LogP contribution >= 0.6 is 0 Å². The van der Waals surface area contributed by atoms with Crippen molar-refractivity contribution in [2.75, 3.05) is 6.54 Å². The van der Waals surface area contributed by atoms with Gasteiger partial charge >= 0.3 is 24.8 Å². The van der Waals surface area contributed by atoms with E-state index in [0.29, 0.717) is 19.4 Å². The van der Waals surface area contributed by atoms with Crippen molar-refractivity contribution in [3.05, 3.63) is 0 Å². The number of carbonyl (C=O) groups is 1. The molecule has 0 amide bonds.